The maximum atomic E-state index is 10.6. The van der Waals surface area contributed by atoms with Gasteiger partial charge in [0, 0.05) is 23.3 Å². The highest BCUT2D eigenvalue weighted by atomic mass is 16.2. The van der Waals surface area contributed by atoms with Gasteiger partial charge in [-0.25, -0.2) is 0 Å². The SMILES string of the molecule is C=C(CCCN(C)C)C(N)=O.CC(=CCCCN(C)C)C(N)=O.CC(=CCCN(C)C)C(N)=O. The first-order valence-corrected chi connectivity index (χ1v) is 11.5. The molecule has 0 aliphatic carbocycles. The van der Waals surface area contributed by atoms with E-state index in [0.717, 1.165) is 45.3 Å². The second-order valence-electron chi connectivity index (χ2n) is 8.91. The summed E-state index contributed by atoms with van der Waals surface area (Å²) in [5.41, 5.74) is 16.9. The number of carbonyl (C=O) groups excluding carboxylic acids is 3. The van der Waals surface area contributed by atoms with Crippen molar-refractivity contribution in [3.05, 3.63) is 35.5 Å². The van der Waals surface area contributed by atoms with Crippen LogP contribution in [0.25, 0.3) is 0 Å². The average molecular weight is 483 g/mol. The Morgan fingerprint density at radius 3 is 1.38 bits per heavy atom. The van der Waals surface area contributed by atoms with E-state index in [1.54, 1.807) is 13.8 Å². The van der Waals surface area contributed by atoms with Crippen LogP contribution in [0.1, 0.15) is 46.0 Å². The van der Waals surface area contributed by atoms with Gasteiger partial charge < -0.3 is 31.9 Å². The third-order valence-electron chi connectivity index (χ3n) is 4.50. The summed E-state index contributed by atoms with van der Waals surface area (Å²) in [4.78, 5) is 37.8. The quantitative estimate of drug-likeness (QED) is 0.253. The number of carbonyl (C=O) groups is 3. The van der Waals surface area contributed by atoms with Crippen LogP contribution in [0, 0.1) is 0 Å². The topological polar surface area (TPSA) is 139 Å². The van der Waals surface area contributed by atoms with Crippen molar-refractivity contribution >= 4 is 17.7 Å². The fraction of sp³-hybridized carbons (Fsp3) is 0.640. The Morgan fingerprint density at radius 2 is 1.03 bits per heavy atom. The first-order valence-electron chi connectivity index (χ1n) is 11.5. The molecule has 6 N–H and O–H groups in total. The van der Waals surface area contributed by atoms with Crippen molar-refractivity contribution in [2.75, 3.05) is 61.9 Å². The molecule has 0 spiro atoms. The lowest BCUT2D eigenvalue weighted by Gasteiger charge is -2.08. The molecule has 0 aliphatic rings. The summed E-state index contributed by atoms with van der Waals surface area (Å²) in [7, 11) is 12.0. The summed E-state index contributed by atoms with van der Waals surface area (Å²) in [5, 5.41) is 0. The van der Waals surface area contributed by atoms with Crippen molar-refractivity contribution in [2.24, 2.45) is 17.2 Å². The number of primary amides is 3. The molecule has 0 aromatic heterocycles. The fourth-order valence-corrected chi connectivity index (χ4v) is 2.20. The van der Waals surface area contributed by atoms with Gasteiger partial charge >= 0.3 is 0 Å². The van der Waals surface area contributed by atoms with Crippen LogP contribution in [0.3, 0.4) is 0 Å². The Morgan fingerprint density at radius 1 is 0.647 bits per heavy atom. The number of allylic oxidation sites excluding steroid dienone is 1. The van der Waals surface area contributed by atoms with Crippen LogP contribution in [0.2, 0.25) is 0 Å². The number of hydrogen-bond donors (Lipinski definition) is 3. The van der Waals surface area contributed by atoms with Crippen LogP contribution < -0.4 is 17.2 Å². The minimum Gasteiger partial charge on any atom is -0.366 e. The van der Waals surface area contributed by atoms with Crippen LogP contribution in [-0.4, -0.2) is 94.3 Å². The smallest absolute Gasteiger partial charge is 0.244 e. The van der Waals surface area contributed by atoms with Crippen molar-refractivity contribution in [3.8, 4) is 0 Å². The van der Waals surface area contributed by atoms with Crippen LogP contribution in [0.15, 0.2) is 35.5 Å². The number of nitrogens with zero attached hydrogens (tertiary/aromatic N) is 3. The fourth-order valence-electron chi connectivity index (χ4n) is 2.20. The predicted molar refractivity (Wildman–Crippen MR) is 143 cm³/mol. The zero-order chi connectivity index (χ0) is 27.3. The monoisotopic (exact) mass is 482 g/mol. The largest absolute Gasteiger partial charge is 0.366 e. The second kappa shape index (κ2) is 22.3. The van der Waals surface area contributed by atoms with Crippen LogP contribution in [-0.2, 0) is 14.4 Å². The lowest BCUT2D eigenvalue weighted by atomic mass is 10.1. The third-order valence-corrected chi connectivity index (χ3v) is 4.50. The molecule has 0 aromatic rings. The summed E-state index contributed by atoms with van der Waals surface area (Å²) in [5.74, 6) is -1.03. The van der Waals surface area contributed by atoms with E-state index < -0.39 is 0 Å². The van der Waals surface area contributed by atoms with Crippen molar-refractivity contribution in [1.82, 2.24) is 14.7 Å². The molecule has 0 saturated carbocycles. The maximum Gasteiger partial charge on any atom is 0.244 e. The molecule has 0 saturated heterocycles. The van der Waals surface area contributed by atoms with Crippen molar-refractivity contribution < 1.29 is 14.4 Å². The molecule has 0 heterocycles. The summed E-state index contributed by atoms with van der Waals surface area (Å²) in [6, 6.07) is 0. The van der Waals surface area contributed by atoms with Gasteiger partial charge in [0.15, 0.2) is 0 Å². The summed E-state index contributed by atoms with van der Waals surface area (Å²) >= 11 is 0. The average Bonchev–Trinajstić information content (AvgIpc) is 2.70. The van der Waals surface area contributed by atoms with Gasteiger partial charge in [-0.1, -0.05) is 18.7 Å². The molecule has 3 amide bonds. The van der Waals surface area contributed by atoms with Gasteiger partial charge in [-0.2, -0.15) is 0 Å². The van der Waals surface area contributed by atoms with Gasteiger partial charge in [0.25, 0.3) is 0 Å². The van der Waals surface area contributed by atoms with Crippen molar-refractivity contribution in [2.45, 2.75) is 46.0 Å². The van der Waals surface area contributed by atoms with E-state index in [1.165, 1.54) is 0 Å². The highest BCUT2D eigenvalue weighted by Crippen LogP contribution is 2.01. The van der Waals surface area contributed by atoms with E-state index in [2.05, 4.69) is 21.3 Å². The van der Waals surface area contributed by atoms with Gasteiger partial charge in [0.05, 0.1) is 0 Å². The molecule has 0 atom stereocenters. The number of hydrogen-bond acceptors (Lipinski definition) is 6. The van der Waals surface area contributed by atoms with Crippen LogP contribution in [0.5, 0.6) is 0 Å². The molecule has 9 nitrogen and oxygen atoms in total. The van der Waals surface area contributed by atoms with Crippen molar-refractivity contribution in [3.63, 3.8) is 0 Å². The van der Waals surface area contributed by atoms with E-state index in [0.29, 0.717) is 23.1 Å². The molecular formula is C25H50N6O3. The zero-order valence-corrected chi connectivity index (χ0v) is 22.8. The Labute approximate surface area is 207 Å². The summed E-state index contributed by atoms with van der Waals surface area (Å²) in [6.07, 6.45) is 8.27. The highest BCUT2D eigenvalue weighted by Gasteiger charge is 2.00. The molecule has 0 radical (unpaired) electrons. The maximum absolute atomic E-state index is 10.6. The summed E-state index contributed by atoms with van der Waals surface area (Å²) in [6.45, 7) is 10.00. The summed E-state index contributed by atoms with van der Waals surface area (Å²) < 4.78 is 0. The Bertz CT molecular complexity index is 668. The second-order valence-corrected chi connectivity index (χ2v) is 8.91. The van der Waals surface area contributed by atoms with Crippen LogP contribution in [0.4, 0.5) is 0 Å². The van der Waals surface area contributed by atoms with Gasteiger partial charge in [-0.05, 0) is 101 Å². The van der Waals surface area contributed by atoms with E-state index in [4.69, 9.17) is 17.2 Å². The molecule has 0 bridgehead atoms. The molecule has 0 aromatic carbocycles. The number of rotatable bonds is 14. The lowest BCUT2D eigenvalue weighted by Crippen LogP contribution is -2.16. The van der Waals surface area contributed by atoms with Crippen molar-refractivity contribution in [1.29, 1.82) is 0 Å². The number of nitrogens with two attached hydrogens (primary N) is 3. The van der Waals surface area contributed by atoms with E-state index in [1.807, 2.05) is 54.4 Å². The lowest BCUT2D eigenvalue weighted by molar-refractivity contribution is -0.115. The third kappa shape index (κ3) is 29.5. The van der Waals surface area contributed by atoms with Gasteiger partial charge in [0.2, 0.25) is 17.7 Å². The molecular weight excluding hydrogens is 432 g/mol. The van der Waals surface area contributed by atoms with Gasteiger partial charge in [-0.15, -0.1) is 0 Å². The Balaban J connectivity index is -0.000000425. The molecule has 198 valence electrons. The Hall–Kier alpha value is -2.49. The Kier molecular flexibility index (Phi) is 23.7. The predicted octanol–water partition coefficient (Wildman–Crippen LogP) is 1.50. The standard InChI is InChI=1S/C9H18N2O.2C8H16N2O/c1-8(9(10)12)6-4-5-7-11(2)3;2*1-7(8(9)11)5-4-6-10(2)3/h6H,4-5,7H2,1-3H3,(H2,10,12);5H,4,6H2,1-3H3,(H2,9,11);1,4-6H2,2-3H3,(H2,9,11). The normalized spacial score (nSPS) is 11.5. The van der Waals surface area contributed by atoms with Gasteiger partial charge in [0.1, 0.15) is 0 Å². The van der Waals surface area contributed by atoms with E-state index in [9.17, 15) is 14.4 Å². The van der Waals surface area contributed by atoms with E-state index >= 15 is 0 Å². The van der Waals surface area contributed by atoms with Gasteiger partial charge in [-0.3, -0.25) is 14.4 Å². The molecule has 9 heteroatoms. The molecule has 0 aliphatic heterocycles. The van der Waals surface area contributed by atoms with E-state index in [-0.39, 0.29) is 17.7 Å². The first kappa shape index (κ1) is 36.1. The minimum absolute atomic E-state index is 0.320. The van der Waals surface area contributed by atoms with Crippen LogP contribution >= 0.6 is 0 Å². The number of amides is 3. The number of unbranched alkanes of at least 4 members (excludes halogenated alkanes) is 1. The zero-order valence-electron chi connectivity index (χ0n) is 22.8. The highest BCUT2D eigenvalue weighted by molar-refractivity contribution is 5.91. The molecule has 34 heavy (non-hydrogen) atoms. The molecule has 0 unspecified atom stereocenters. The minimum atomic E-state index is -0.385. The first-order chi connectivity index (χ1) is 15.6. The molecule has 0 fully saturated rings. The molecule has 0 rings (SSSR count).